The summed E-state index contributed by atoms with van der Waals surface area (Å²) in [5, 5.41) is 11.1. The molecule has 0 aromatic carbocycles. The maximum atomic E-state index is 11.4. The first-order valence-corrected chi connectivity index (χ1v) is 5.16. The van der Waals surface area contributed by atoms with Crippen molar-refractivity contribution < 1.29 is 4.79 Å². The summed E-state index contributed by atoms with van der Waals surface area (Å²) in [7, 11) is 0. The van der Waals surface area contributed by atoms with Gasteiger partial charge < -0.3 is 5.32 Å². The first kappa shape index (κ1) is 11.7. The average molecular weight is 268 g/mol. The smallest absolute Gasteiger partial charge is 0.242 e. The van der Waals surface area contributed by atoms with Crippen molar-refractivity contribution in [2.24, 2.45) is 5.92 Å². The third-order valence-corrected chi connectivity index (χ3v) is 2.72. The quantitative estimate of drug-likeness (QED) is 0.894. The second kappa shape index (κ2) is 4.89. The highest BCUT2D eigenvalue weighted by Gasteiger charge is 2.12. The van der Waals surface area contributed by atoms with Gasteiger partial charge in [0.05, 0.1) is 6.07 Å². The monoisotopic (exact) mass is 267 g/mol. The summed E-state index contributed by atoms with van der Waals surface area (Å²) in [4.78, 5) is 15.4. The summed E-state index contributed by atoms with van der Waals surface area (Å²) in [5.74, 6) is -0.551. The van der Waals surface area contributed by atoms with Gasteiger partial charge in [0.1, 0.15) is 11.7 Å². The molecule has 78 valence electrons. The van der Waals surface area contributed by atoms with Crippen LogP contribution in [0.4, 0.5) is 5.82 Å². The molecule has 0 fully saturated rings. The number of aryl methyl sites for hydroxylation is 1. The van der Waals surface area contributed by atoms with E-state index in [1.165, 1.54) is 0 Å². The molecular formula is C10H10BrN3O. The number of nitrogens with zero attached hydrogens (tertiary/aromatic N) is 2. The van der Waals surface area contributed by atoms with Gasteiger partial charge in [0.25, 0.3) is 0 Å². The van der Waals surface area contributed by atoms with E-state index < -0.39 is 5.92 Å². The molecule has 1 rings (SSSR count). The number of pyridine rings is 1. The first-order chi connectivity index (χ1) is 7.04. The molecule has 15 heavy (non-hydrogen) atoms. The summed E-state index contributed by atoms with van der Waals surface area (Å²) >= 11 is 3.31. The molecule has 1 N–H and O–H groups in total. The number of amides is 1. The SMILES string of the molecule is Cc1cc(NC(=O)C(C)C#N)ncc1Br. The predicted molar refractivity (Wildman–Crippen MR) is 60.1 cm³/mol. The van der Waals surface area contributed by atoms with Crippen LogP contribution in [0, 0.1) is 24.2 Å². The van der Waals surface area contributed by atoms with Crippen LogP contribution in [0.15, 0.2) is 16.7 Å². The molecule has 1 heterocycles. The topological polar surface area (TPSA) is 65.8 Å². The van der Waals surface area contributed by atoms with Gasteiger partial charge >= 0.3 is 0 Å². The highest BCUT2D eigenvalue weighted by atomic mass is 79.9. The molecule has 0 aliphatic carbocycles. The second-order valence-electron chi connectivity index (χ2n) is 3.16. The first-order valence-electron chi connectivity index (χ1n) is 4.37. The summed E-state index contributed by atoms with van der Waals surface area (Å²) in [5.41, 5.74) is 0.977. The lowest BCUT2D eigenvalue weighted by atomic mass is 10.2. The van der Waals surface area contributed by atoms with Gasteiger partial charge in [0.15, 0.2) is 0 Å². The standard InChI is InChI=1S/C10H10BrN3O/c1-6-3-9(13-5-8(6)11)14-10(15)7(2)4-12/h3,5,7H,1-2H3,(H,13,14,15). The third kappa shape index (κ3) is 3.03. The molecule has 0 spiro atoms. The summed E-state index contributed by atoms with van der Waals surface area (Å²) in [6, 6.07) is 3.60. The molecule has 1 amide bonds. The molecule has 1 unspecified atom stereocenters. The van der Waals surface area contributed by atoms with E-state index in [2.05, 4.69) is 26.2 Å². The highest BCUT2D eigenvalue weighted by Crippen LogP contribution is 2.17. The van der Waals surface area contributed by atoms with Crippen molar-refractivity contribution in [3.05, 3.63) is 22.3 Å². The molecule has 0 saturated carbocycles. The normalized spacial score (nSPS) is 11.6. The van der Waals surface area contributed by atoms with Crippen molar-refractivity contribution in [1.82, 2.24) is 4.98 Å². The average Bonchev–Trinajstić information content (AvgIpc) is 2.22. The van der Waals surface area contributed by atoms with Crippen LogP contribution < -0.4 is 5.32 Å². The van der Waals surface area contributed by atoms with E-state index in [9.17, 15) is 4.79 Å². The number of carbonyl (C=O) groups excluding carboxylic acids is 1. The van der Waals surface area contributed by atoms with Crippen LogP contribution in [0.25, 0.3) is 0 Å². The number of rotatable bonds is 2. The van der Waals surface area contributed by atoms with Gasteiger partial charge in [-0.3, -0.25) is 4.79 Å². The molecule has 0 aliphatic heterocycles. The van der Waals surface area contributed by atoms with Crippen molar-refractivity contribution in [2.75, 3.05) is 5.32 Å². The van der Waals surface area contributed by atoms with Gasteiger partial charge in [-0.05, 0) is 41.4 Å². The molecular weight excluding hydrogens is 258 g/mol. The molecule has 1 atom stereocenters. The zero-order chi connectivity index (χ0) is 11.4. The Morgan fingerprint density at radius 3 is 2.93 bits per heavy atom. The Morgan fingerprint density at radius 2 is 2.40 bits per heavy atom. The van der Waals surface area contributed by atoms with Crippen LogP contribution in [0.1, 0.15) is 12.5 Å². The molecule has 1 aromatic heterocycles. The van der Waals surface area contributed by atoms with Crippen LogP contribution >= 0.6 is 15.9 Å². The van der Waals surface area contributed by atoms with Crippen LogP contribution in [0.3, 0.4) is 0 Å². The van der Waals surface area contributed by atoms with Gasteiger partial charge in [-0.1, -0.05) is 0 Å². The van der Waals surface area contributed by atoms with Crippen molar-refractivity contribution in [3.8, 4) is 6.07 Å². The van der Waals surface area contributed by atoms with Crippen LogP contribution in [-0.2, 0) is 4.79 Å². The molecule has 0 saturated heterocycles. The van der Waals surface area contributed by atoms with E-state index >= 15 is 0 Å². The molecule has 0 radical (unpaired) electrons. The number of hydrogen-bond donors (Lipinski definition) is 1. The van der Waals surface area contributed by atoms with Crippen LogP contribution in [-0.4, -0.2) is 10.9 Å². The van der Waals surface area contributed by atoms with Crippen molar-refractivity contribution in [1.29, 1.82) is 5.26 Å². The van der Waals surface area contributed by atoms with Gasteiger partial charge in [0.2, 0.25) is 5.91 Å². The summed E-state index contributed by atoms with van der Waals surface area (Å²) < 4.78 is 0.883. The number of carbonyl (C=O) groups is 1. The Hall–Kier alpha value is -1.41. The minimum atomic E-state index is -0.671. The minimum Gasteiger partial charge on any atom is -0.310 e. The van der Waals surface area contributed by atoms with Gasteiger partial charge in [0, 0.05) is 10.7 Å². The molecule has 5 heteroatoms. The van der Waals surface area contributed by atoms with E-state index in [1.807, 2.05) is 13.0 Å². The molecule has 1 aromatic rings. The molecule has 0 aliphatic rings. The Labute approximate surface area is 96.4 Å². The largest absolute Gasteiger partial charge is 0.310 e. The Bertz CT molecular complexity index is 425. The summed E-state index contributed by atoms with van der Waals surface area (Å²) in [6.07, 6.45) is 1.61. The Kier molecular flexibility index (Phi) is 3.81. The van der Waals surface area contributed by atoms with Gasteiger partial charge in [-0.25, -0.2) is 4.98 Å². The Balaban J connectivity index is 2.78. The number of nitriles is 1. The number of aromatic nitrogens is 1. The minimum absolute atomic E-state index is 0.341. The van der Waals surface area contributed by atoms with E-state index in [4.69, 9.17) is 5.26 Å². The van der Waals surface area contributed by atoms with Crippen molar-refractivity contribution in [3.63, 3.8) is 0 Å². The number of halogens is 1. The molecule has 4 nitrogen and oxygen atoms in total. The van der Waals surface area contributed by atoms with E-state index in [1.54, 1.807) is 19.2 Å². The fourth-order valence-electron chi connectivity index (χ4n) is 0.901. The zero-order valence-electron chi connectivity index (χ0n) is 8.41. The highest BCUT2D eigenvalue weighted by molar-refractivity contribution is 9.10. The van der Waals surface area contributed by atoms with E-state index in [0.29, 0.717) is 5.82 Å². The fraction of sp³-hybridized carbons (Fsp3) is 0.300. The maximum Gasteiger partial charge on any atom is 0.242 e. The number of hydrogen-bond acceptors (Lipinski definition) is 3. The second-order valence-corrected chi connectivity index (χ2v) is 4.01. The lowest BCUT2D eigenvalue weighted by molar-refractivity contribution is -0.117. The van der Waals surface area contributed by atoms with Crippen LogP contribution in [0.2, 0.25) is 0 Å². The summed E-state index contributed by atoms with van der Waals surface area (Å²) in [6.45, 7) is 3.44. The maximum absolute atomic E-state index is 11.4. The fourth-order valence-corrected chi connectivity index (χ4v) is 1.12. The van der Waals surface area contributed by atoms with Gasteiger partial charge in [-0.15, -0.1) is 0 Å². The van der Waals surface area contributed by atoms with Crippen molar-refractivity contribution >= 4 is 27.7 Å². The van der Waals surface area contributed by atoms with Crippen LogP contribution in [0.5, 0.6) is 0 Å². The lowest BCUT2D eigenvalue weighted by Gasteiger charge is -2.06. The number of anilines is 1. The molecule has 0 bridgehead atoms. The van der Waals surface area contributed by atoms with Gasteiger partial charge in [-0.2, -0.15) is 5.26 Å². The lowest BCUT2D eigenvalue weighted by Crippen LogP contribution is -2.19. The predicted octanol–water partition coefficient (Wildman–Crippen LogP) is 2.25. The Morgan fingerprint density at radius 1 is 1.73 bits per heavy atom. The zero-order valence-corrected chi connectivity index (χ0v) is 10.00. The third-order valence-electron chi connectivity index (χ3n) is 1.89. The number of nitrogens with one attached hydrogen (secondary N) is 1. The van der Waals surface area contributed by atoms with E-state index in [-0.39, 0.29) is 5.91 Å². The van der Waals surface area contributed by atoms with Crippen molar-refractivity contribution in [2.45, 2.75) is 13.8 Å². The van der Waals surface area contributed by atoms with E-state index in [0.717, 1.165) is 10.0 Å².